The smallest absolute Gasteiger partial charge is 0.252 e. The Morgan fingerprint density at radius 2 is 1.89 bits per heavy atom. The molecule has 0 radical (unpaired) electrons. The number of nitrogen functional groups attached to an aromatic ring is 1. The van der Waals surface area contributed by atoms with Crippen LogP contribution < -0.4 is 11.5 Å². The Balaban J connectivity index is 2.44. The van der Waals surface area contributed by atoms with E-state index in [1.54, 1.807) is 19.1 Å². The normalized spacial score (nSPS) is 10.4. The molecule has 6 heteroatoms. The fraction of sp³-hybridized carbons (Fsp3) is 0.154. The number of amides is 1. The molecule has 1 heterocycles. The lowest BCUT2D eigenvalue weighted by Gasteiger charge is -2.09. The van der Waals surface area contributed by atoms with E-state index in [2.05, 4.69) is 9.97 Å². The van der Waals surface area contributed by atoms with Gasteiger partial charge in [0.05, 0.1) is 17.0 Å². The summed E-state index contributed by atoms with van der Waals surface area (Å²) >= 11 is 5.83. The molecule has 0 unspecified atom stereocenters. The number of hydrogen-bond acceptors (Lipinski definition) is 4. The number of carbonyl (C=O) groups is 1. The van der Waals surface area contributed by atoms with Crippen LogP contribution in [0, 0.1) is 6.92 Å². The molecule has 98 valence electrons. The molecule has 0 aliphatic carbocycles. The van der Waals surface area contributed by atoms with Crippen LogP contribution in [0.1, 0.15) is 27.3 Å². The average Bonchev–Trinajstić information content (AvgIpc) is 2.30. The molecule has 5 nitrogen and oxygen atoms in total. The first-order valence-electron chi connectivity index (χ1n) is 5.64. The fourth-order valence-electron chi connectivity index (χ4n) is 1.90. The lowest BCUT2D eigenvalue weighted by Crippen LogP contribution is -2.19. The SMILES string of the molecule is Cc1nc(N)nc(Cc2ccc(Cl)cc2)c1C(N)=O. The average molecular weight is 277 g/mol. The number of rotatable bonds is 3. The maximum absolute atomic E-state index is 11.5. The van der Waals surface area contributed by atoms with Crippen molar-refractivity contribution in [3.63, 3.8) is 0 Å². The highest BCUT2D eigenvalue weighted by molar-refractivity contribution is 6.30. The van der Waals surface area contributed by atoms with Crippen molar-refractivity contribution in [2.45, 2.75) is 13.3 Å². The van der Waals surface area contributed by atoms with E-state index in [0.29, 0.717) is 28.4 Å². The van der Waals surface area contributed by atoms with Gasteiger partial charge in [-0.3, -0.25) is 4.79 Å². The first kappa shape index (κ1) is 13.3. The number of aryl methyl sites for hydroxylation is 1. The van der Waals surface area contributed by atoms with E-state index >= 15 is 0 Å². The first-order valence-corrected chi connectivity index (χ1v) is 6.02. The van der Waals surface area contributed by atoms with Crippen LogP contribution in [-0.4, -0.2) is 15.9 Å². The van der Waals surface area contributed by atoms with E-state index in [9.17, 15) is 4.79 Å². The van der Waals surface area contributed by atoms with Gasteiger partial charge in [0, 0.05) is 11.4 Å². The predicted molar refractivity (Wildman–Crippen MR) is 74.0 cm³/mol. The fourth-order valence-corrected chi connectivity index (χ4v) is 2.03. The molecule has 0 saturated heterocycles. The van der Waals surface area contributed by atoms with Gasteiger partial charge in [0.2, 0.25) is 5.95 Å². The van der Waals surface area contributed by atoms with E-state index in [1.165, 1.54) is 0 Å². The van der Waals surface area contributed by atoms with Gasteiger partial charge in [-0.25, -0.2) is 9.97 Å². The summed E-state index contributed by atoms with van der Waals surface area (Å²) in [5.74, 6) is -0.423. The lowest BCUT2D eigenvalue weighted by atomic mass is 10.0. The second kappa shape index (κ2) is 5.24. The maximum Gasteiger partial charge on any atom is 0.252 e. The highest BCUT2D eigenvalue weighted by atomic mass is 35.5. The summed E-state index contributed by atoms with van der Waals surface area (Å²) < 4.78 is 0. The first-order chi connectivity index (χ1) is 8.97. The summed E-state index contributed by atoms with van der Waals surface area (Å²) in [5, 5.41) is 0.650. The summed E-state index contributed by atoms with van der Waals surface area (Å²) in [4.78, 5) is 19.5. The molecule has 1 amide bonds. The van der Waals surface area contributed by atoms with Crippen LogP contribution in [0.15, 0.2) is 24.3 Å². The zero-order chi connectivity index (χ0) is 14.0. The van der Waals surface area contributed by atoms with E-state index in [4.69, 9.17) is 23.1 Å². The van der Waals surface area contributed by atoms with Crippen molar-refractivity contribution in [1.29, 1.82) is 0 Å². The molecule has 2 aromatic rings. The largest absolute Gasteiger partial charge is 0.368 e. The van der Waals surface area contributed by atoms with E-state index < -0.39 is 5.91 Å². The summed E-state index contributed by atoms with van der Waals surface area (Å²) in [7, 11) is 0. The second-order valence-electron chi connectivity index (χ2n) is 4.16. The van der Waals surface area contributed by atoms with Gasteiger partial charge < -0.3 is 11.5 Å². The lowest BCUT2D eigenvalue weighted by molar-refractivity contribution is 0.0998. The zero-order valence-electron chi connectivity index (χ0n) is 10.4. The van der Waals surface area contributed by atoms with Gasteiger partial charge in [0.15, 0.2) is 0 Å². The number of anilines is 1. The molecule has 0 atom stereocenters. The standard InChI is InChI=1S/C13H13ClN4O/c1-7-11(12(15)19)10(18-13(16)17-7)6-8-2-4-9(14)5-3-8/h2-5H,6H2,1H3,(H2,15,19)(H2,16,17,18). The Bertz CT molecular complexity index is 625. The van der Waals surface area contributed by atoms with Gasteiger partial charge in [-0.1, -0.05) is 23.7 Å². The van der Waals surface area contributed by atoms with Crippen LogP contribution in [0.2, 0.25) is 5.02 Å². The summed E-state index contributed by atoms with van der Waals surface area (Å²) in [6.07, 6.45) is 0.447. The molecular weight excluding hydrogens is 264 g/mol. The predicted octanol–water partition coefficient (Wildman–Crippen LogP) is 1.71. The second-order valence-corrected chi connectivity index (χ2v) is 4.59. The molecule has 4 N–H and O–H groups in total. The van der Waals surface area contributed by atoms with Crippen molar-refractivity contribution in [3.05, 3.63) is 51.8 Å². The highest BCUT2D eigenvalue weighted by Gasteiger charge is 2.15. The van der Waals surface area contributed by atoms with Crippen LogP contribution >= 0.6 is 11.6 Å². The van der Waals surface area contributed by atoms with Crippen molar-refractivity contribution in [1.82, 2.24) is 9.97 Å². The zero-order valence-corrected chi connectivity index (χ0v) is 11.1. The Kier molecular flexibility index (Phi) is 3.66. The summed E-state index contributed by atoms with van der Waals surface area (Å²) in [5.41, 5.74) is 13.3. The molecule has 0 aliphatic rings. The van der Waals surface area contributed by atoms with Crippen LogP contribution in [0.5, 0.6) is 0 Å². The molecule has 2 rings (SSSR count). The van der Waals surface area contributed by atoms with Crippen LogP contribution in [0.4, 0.5) is 5.95 Å². The minimum atomic E-state index is -0.554. The minimum absolute atomic E-state index is 0.131. The molecule has 0 saturated carbocycles. The third kappa shape index (κ3) is 3.00. The van der Waals surface area contributed by atoms with E-state index in [0.717, 1.165) is 5.56 Å². The van der Waals surface area contributed by atoms with Crippen molar-refractivity contribution < 1.29 is 4.79 Å². The van der Waals surface area contributed by atoms with Crippen molar-refractivity contribution in [2.24, 2.45) is 5.73 Å². The third-order valence-corrected chi connectivity index (χ3v) is 2.97. The Morgan fingerprint density at radius 1 is 1.26 bits per heavy atom. The van der Waals surface area contributed by atoms with Gasteiger partial charge >= 0.3 is 0 Å². The van der Waals surface area contributed by atoms with Gasteiger partial charge in [0.1, 0.15) is 0 Å². The minimum Gasteiger partial charge on any atom is -0.368 e. The molecule has 1 aromatic heterocycles. The monoisotopic (exact) mass is 276 g/mol. The van der Waals surface area contributed by atoms with Gasteiger partial charge in [-0.15, -0.1) is 0 Å². The molecular formula is C13H13ClN4O. The van der Waals surface area contributed by atoms with Crippen molar-refractivity contribution in [2.75, 3.05) is 5.73 Å². The topological polar surface area (TPSA) is 94.9 Å². The molecule has 0 spiro atoms. The third-order valence-electron chi connectivity index (χ3n) is 2.71. The van der Waals surface area contributed by atoms with E-state index in [-0.39, 0.29) is 5.95 Å². The van der Waals surface area contributed by atoms with Crippen LogP contribution in [0.25, 0.3) is 0 Å². The number of hydrogen-bond donors (Lipinski definition) is 2. The van der Waals surface area contributed by atoms with Crippen molar-refractivity contribution in [3.8, 4) is 0 Å². The van der Waals surface area contributed by atoms with Crippen LogP contribution in [0.3, 0.4) is 0 Å². The Labute approximate surface area is 115 Å². The van der Waals surface area contributed by atoms with Gasteiger partial charge in [-0.2, -0.15) is 0 Å². The maximum atomic E-state index is 11.5. The number of nitrogens with two attached hydrogens (primary N) is 2. The molecule has 1 aromatic carbocycles. The number of aromatic nitrogens is 2. The highest BCUT2D eigenvalue weighted by Crippen LogP contribution is 2.17. The number of primary amides is 1. The van der Waals surface area contributed by atoms with Gasteiger partial charge in [-0.05, 0) is 24.6 Å². The summed E-state index contributed by atoms with van der Waals surface area (Å²) in [6, 6.07) is 7.28. The van der Waals surface area contributed by atoms with Gasteiger partial charge in [0.25, 0.3) is 5.91 Å². The number of carbonyl (C=O) groups excluding carboxylic acids is 1. The quantitative estimate of drug-likeness (QED) is 0.892. The molecule has 0 bridgehead atoms. The number of halogens is 1. The molecule has 0 aliphatic heterocycles. The van der Waals surface area contributed by atoms with Crippen LogP contribution in [-0.2, 0) is 6.42 Å². The Morgan fingerprint density at radius 3 is 2.47 bits per heavy atom. The number of nitrogens with zero attached hydrogens (tertiary/aromatic N) is 2. The van der Waals surface area contributed by atoms with E-state index in [1.807, 2.05) is 12.1 Å². The molecule has 0 fully saturated rings. The van der Waals surface area contributed by atoms with Crippen molar-refractivity contribution >= 4 is 23.5 Å². The Hall–Kier alpha value is -2.14. The number of benzene rings is 1. The summed E-state index contributed by atoms with van der Waals surface area (Å²) in [6.45, 7) is 1.68. The molecule has 19 heavy (non-hydrogen) atoms.